The summed E-state index contributed by atoms with van der Waals surface area (Å²) in [6.45, 7) is 5.74. The van der Waals surface area contributed by atoms with Gasteiger partial charge in [0.15, 0.2) is 0 Å². The van der Waals surface area contributed by atoms with E-state index in [1.807, 2.05) is 32.2 Å². The minimum Gasteiger partial charge on any atom is -0.356 e. The average Bonchev–Trinajstić information content (AvgIpc) is 2.40. The van der Waals surface area contributed by atoms with E-state index in [-0.39, 0.29) is 28.2 Å². The van der Waals surface area contributed by atoms with Gasteiger partial charge in [0.05, 0.1) is 5.75 Å². The molecule has 1 aromatic heterocycles. The zero-order valence-electron chi connectivity index (χ0n) is 11.1. The topological polar surface area (TPSA) is 54.0 Å². The summed E-state index contributed by atoms with van der Waals surface area (Å²) in [5, 5.41) is 6.60. The van der Waals surface area contributed by atoms with Gasteiger partial charge in [0.2, 0.25) is 5.91 Å². The van der Waals surface area contributed by atoms with E-state index in [0.29, 0.717) is 12.3 Å². The maximum absolute atomic E-state index is 11.1. The van der Waals surface area contributed by atoms with Crippen LogP contribution in [0.5, 0.6) is 0 Å². The summed E-state index contributed by atoms with van der Waals surface area (Å²) >= 11 is 0. The standard InChI is InChI=1S/C9H12N2OS2.C3H9N.3CH4/c1-2-10-8(12)7-13-14-9-5-3-4-6-11-9;1-3-4-2;;;/h3-6H,2,7H2,1H3,(H,10,12);4H,3H2,1-2H3;3*1H4. The van der Waals surface area contributed by atoms with Crippen molar-refractivity contribution in [1.29, 1.82) is 0 Å². The van der Waals surface area contributed by atoms with Gasteiger partial charge >= 0.3 is 0 Å². The van der Waals surface area contributed by atoms with Gasteiger partial charge in [-0.15, -0.1) is 0 Å². The lowest BCUT2D eigenvalue weighted by atomic mass is 10.5. The number of nitrogens with one attached hydrogen (secondary N) is 2. The van der Waals surface area contributed by atoms with Crippen LogP contribution in [0, 0.1) is 0 Å². The molecule has 1 aromatic rings. The number of aromatic nitrogens is 1. The second kappa shape index (κ2) is 21.6. The highest BCUT2D eigenvalue weighted by Crippen LogP contribution is 2.28. The number of hydrogen-bond acceptors (Lipinski definition) is 5. The predicted molar refractivity (Wildman–Crippen MR) is 101 cm³/mol. The van der Waals surface area contributed by atoms with Crippen molar-refractivity contribution in [3.8, 4) is 0 Å². The smallest absolute Gasteiger partial charge is 0.230 e. The van der Waals surface area contributed by atoms with E-state index in [4.69, 9.17) is 0 Å². The van der Waals surface area contributed by atoms with Gasteiger partial charge in [-0.3, -0.25) is 4.79 Å². The first-order valence-electron chi connectivity index (χ1n) is 5.86. The van der Waals surface area contributed by atoms with Crippen LogP contribution in [0.15, 0.2) is 29.4 Å². The molecular formula is C15H33N3OS2. The average molecular weight is 336 g/mol. The van der Waals surface area contributed by atoms with E-state index >= 15 is 0 Å². The summed E-state index contributed by atoms with van der Waals surface area (Å²) in [6, 6.07) is 5.73. The molecule has 0 aliphatic rings. The summed E-state index contributed by atoms with van der Waals surface area (Å²) in [7, 11) is 4.95. The van der Waals surface area contributed by atoms with E-state index in [2.05, 4.69) is 22.5 Å². The van der Waals surface area contributed by atoms with E-state index in [9.17, 15) is 4.79 Å². The molecule has 0 unspecified atom stereocenters. The highest BCUT2D eigenvalue weighted by Gasteiger charge is 2.00. The molecule has 6 heteroatoms. The van der Waals surface area contributed by atoms with Crippen LogP contribution in [0.4, 0.5) is 0 Å². The summed E-state index contributed by atoms with van der Waals surface area (Å²) in [5.74, 6) is 0.538. The van der Waals surface area contributed by atoms with E-state index in [0.717, 1.165) is 11.6 Å². The molecule has 0 radical (unpaired) electrons. The number of amides is 1. The van der Waals surface area contributed by atoms with Crippen molar-refractivity contribution in [3.05, 3.63) is 24.4 Å². The van der Waals surface area contributed by atoms with Gasteiger partial charge < -0.3 is 10.6 Å². The molecule has 1 rings (SSSR count). The van der Waals surface area contributed by atoms with Crippen molar-refractivity contribution >= 4 is 27.5 Å². The van der Waals surface area contributed by atoms with Gasteiger partial charge in [0.25, 0.3) is 0 Å². The third-order valence-corrected chi connectivity index (χ3v) is 3.83. The molecule has 0 aromatic carbocycles. The van der Waals surface area contributed by atoms with Crippen molar-refractivity contribution in [1.82, 2.24) is 15.6 Å². The van der Waals surface area contributed by atoms with Crippen LogP contribution >= 0.6 is 21.6 Å². The Kier molecular flexibility index (Phi) is 29.2. The van der Waals surface area contributed by atoms with E-state index in [1.54, 1.807) is 6.20 Å². The lowest BCUT2D eigenvalue weighted by molar-refractivity contribution is -0.118. The molecule has 0 saturated heterocycles. The first kappa shape index (κ1) is 28.4. The minimum absolute atomic E-state index is 0. The van der Waals surface area contributed by atoms with Crippen molar-refractivity contribution in [2.75, 3.05) is 25.9 Å². The van der Waals surface area contributed by atoms with Gasteiger partial charge in [-0.25, -0.2) is 4.98 Å². The van der Waals surface area contributed by atoms with Gasteiger partial charge in [-0.2, -0.15) is 0 Å². The first-order valence-corrected chi connectivity index (χ1v) is 8.18. The van der Waals surface area contributed by atoms with Crippen LogP contribution in [-0.2, 0) is 4.79 Å². The Hall–Kier alpha value is -0.720. The molecule has 0 atom stereocenters. The van der Waals surface area contributed by atoms with E-state index in [1.165, 1.54) is 21.6 Å². The quantitative estimate of drug-likeness (QED) is 0.767. The van der Waals surface area contributed by atoms with Gasteiger partial charge in [0, 0.05) is 12.7 Å². The van der Waals surface area contributed by atoms with Gasteiger partial charge in [0.1, 0.15) is 5.03 Å². The molecule has 0 saturated carbocycles. The number of carbonyl (C=O) groups is 1. The number of nitrogens with zero attached hydrogens (tertiary/aromatic N) is 1. The van der Waals surface area contributed by atoms with Crippen LogP contribution < -0.4 is 10.6 Å². The van der Waals surface area contributed by atoms with Crippen LogP contribution in [0.3, 0.4) is 0 Å². The van der Waals surface area contributed by atoms with Crippen LogP contribution in [-0.4, -0.2) is 36.8 Å². The van der Waals surface area contributed by atoms with Crippen LogP contribution in [0.1, 0.15) is 36.1 Å². The number of hydrogen-bond donors (Lipinski definition) is 2. The fourth-order valence-electron chi connectivity index (χ4n) is 0.788. The largest absolute Gasteiger partial charge is 0.356 e. The molecular weight excluding hydrogens is 302 g/mol. The molecule has 1 amide bonds. The molecule has 0 bridgehead atoms. The molecule has 126 valence electrons. The molecule has 4 nitrogen and oxygen atoms in total. The molecule has 1 heterocycles. The van der Waals surface area contributed by atoms with Crippen molar-refractivity contribution in [2.45, 2.75) is 41.2 Å². The lowest BCUT2D eigenvalue weighted by Crippen LogP contribution is -2.24. The molecule has 0 aliphatic heterocycles. The normalized spacial score (nSPS) is 7.95. The maximum Gasteiger partial charge on any atom is 0.230 e. The molecule has 0 spiro atoms. The molecule has 0 aliphatic carbocycles. The first-order chi connectivity index (χ1) is 8.74. The SMILES string of the molecule is C.C.C.CCNC.CCNC(=O)CSSc1ccccn1. The zero-order chi connectivity index (χ0) is 13.6. The lowest BCUT2D eigenvalue weighted by Gasteiger charge is -2.00. The minimum atomic E-state index is 0. The number of rotatable bonds is 6. The number of carbonyl (C=O) groups excluding carboxylic acids is 1. The molecule has 21 heavy (non-hydrogen) atoms. The summed E-state index contributed by atoms with van der Waals surface area (Å²) in [6.07, 6.45) is 1.75. The molecule has 2 N–H and O–H groups in total. The highest BCUT2D eigenvalue weighted by molar-refractivity contribution is 8.76. The van der Waals surface area contributed by atoms with Crippen molar-refractivity contribution in [2.24, 2.45) is 0 Å². The second-order valence-electron chi connectivity index (χ2n) is 3.17. The summed E-state index contributed by atoms with van der Waals surface area (Å²) in [5.41, 5.74) is 0. The molecule has 0 fully saturated rings. The second-order valence-corrected chi connectivity index (χ2v) is 5.49. The third kappa shape index (κ3) is 19.3. The maximum atomic E-state index is 11.1. The van der Waals surface area contributed by atoms with Crippen molar-refractivity contribution < 1.29 is 4.79 Å². The monoisotopic (exact) mass is 335 g/mol. The van der Waals surface area contributed by atoms with Crippen molar-refractivity contribution in [3.63, 3.8) is 0 Å². The van der Waals surface area contributed by atoms with Crippen LogP contribution in [0.25, 0.3) is 0 Å². The van der Waals surface area contributed by atoms with Crippen LogP contribution in [0.2, 0.25) is 0 Å². The summed E-state index contributed by atoms with van der Waals surface area (Å²) < 4.78 is 0. The Labute approximate surface area is 139 Å². The van der Waals surface area contributed by atoms with E-state index < -0.39 is 0 Å². The zero-order valence-corrected chi connectivity index (χ0v) is 12.7. The number of pyridine rings is 1. The van der Waals surface area contributed by atoms with Gasteiger partial charge in [-0.05, 0) is 43.4 Å². The van der Waals surface area contributed by atoms with Gasteiger partial charge in [-0.1, -0.05) is 46.1 Å². The Morgan fingerprint density at radius 1 is 1.19 bits per heavy atom. The Morgan fingerprint density at radius 2 is 1.81 bits per heavy atom. The third-order valence-electron chi connectivity index (χ3n) is 1.70. The Balaban J connectivity index is -0.000000185. The fourth-order valence-corrected chi connectivity index (χ4v) is 2.57. The Bertz CT molecular complexity index is 309. The fraction of sp³-hybridized carbons (Fsp3) is 0.600. The highest BCUT2D eigenvalue weighted by atomic mass is 33.1. The summed E-state index contributed by atoms with van der Waals surface area (Å²) in [4.78, 5) is 15.2. The Morgan fingerprint density at radius 3 is 2.24 bits per heavy atom. The predicted octanol–water partition coefficient (Wildman–Crippen LogP) is 4.09.